The number of hydrogen-bond acceptors (Lipinski definition) is 3. The molecule has 154 valence electrons. The van der Waals surface area contributed by atoms with E-state index in [4.69, 9.17) is 4.98 Å². The summed E-state index contributed by atoms with van der Waals surface area (Å²) in [5.74, 6) is 1.10. The summed E-state index contributed by atoms with van der Waals surface area (Å²) >= 11 is 0. The maximum absolute atomic E-state index is 13.4. The van der Waals surface area contributed by atoms with Gasteiger partial charge in [0.25, 0.3) is 0 Å². The molecule has 0 N–H and O–H groups in total. The van der Waals surface area contributed by atoms with Crippen LogP contribution in [0.3, 0.4) is 0 Å². The topological polar surface area (TPSA) is 58.4 Å². The Morgan fingerprint density at radius 3 is 2.77 bits per heavy atom. The van der Waals surface area contributed by atoms with Crippen molar-refractivity contribution in [2.24, 2.45) is 0 Å². The summed E-state index contributed by atoms with van der Waals surface area (Å²) in [6.07, 6.45) is 2.44. The van der Waals surface area contributed by atoms with Crippen LogP contribution in [0, 0.1) is 0 Å². The summed E-state index contributed by atoms with van der Waals surface area (Å²) in [6.45, 7) is 4.35. The van der Waals surface area contributed by atoms with Crippen LogP contribution in [0.5, 0.6) is 0 Å². The van der Waals surface area contributed by atoms with Gasteiger partial charge in [-0.05, 0) is 43.5 Å². The summed E-state index contributed by atoms with van der Waals surface area (Å²) < 4.78 is 2.03. The molecule has 0 aliphatic carbocycles. The Balaban J connectivity index is 1.50. The molecule has 6 heteroatoms. The SMILES string of the molecule is CCN1C[C@@H](c2nc3ccccc3n2CC(=O)N2CCCc3ccccc32)CC1=O. The fourth-order valence-electron chi connectivity index (χ4n) is 4.84. The van der Waals surface area contributed by atoms with Crippen molar-refractivity contribution in [1.29, 1.82) is 0 Å². The van der Waals surface area contributed by atoms with E-state index < -0.39 is 0 Å². The van der Waals surface area contributed by atoms with E-state index in [-0.39, 0.29) is 24.3 Å². The van der Waals surface area contributed by atoms with Crippen molar-refractivity contribution in [3.8, 4) is 0 Å². The number of hydrogen-bond donors (Lipinski definition) is 0. The molecule has 0 bridgehead atoms. The molecule has 0 unspecified atom stereocenters. The first kappa shape index (κ1) is 18.9. The van der Waals surface area contributed by atoms with Crippen LogP contribution in [0.2, 0.25) is 0 Å². The normalized spacial score (nSPS) is 18.8. The first-order valence-corrected chi connectivity index (χ1v) is 10.8. The van der Waals surface area contributed by atoms with Crippen LogP contribution in [0.1, 0.15) is 37.1 Å². The molecule has 1 aromatic heterocycles. The highest BCUT2D eigenvalue weighted by molar-refractivity contribution is 5.95. The number of nitrogens with zero attached hydrogens (tertiary/aromatic N) is 4. The number of fused-ring (bicyclic) bond motifs is 2. The number of carbonyl (C=O) groups is 2. The van der Waals surface area contributed by atoms with E-state index in [1.807, 2.05) is 63.8 Å². The van der Waals surface area contributed by atoms with E-state index in [2.05, 4.69) is 6.07 Å². The van der Waals surface area contributed by atoms with Crippen molar-refractivity contribution < 1.29 is 9.59 Å². The first-order chi connectivity index (χ1) is 14.7. The van der Waals surface area contributed by atoms with Gasteiger partial charge in [-0.1, -0.05) is 30.3 Å². The summed E-state index contributed by atoms with van der Waals surface area (Å²) in [5, 5.41) is 0. The van der Waals surface area contributed by atoms with E-state index in [0.717, 1.165) is 41.9 Å². The molecule has 30 heavy (non-hydrogen) atoms. The van der Waals surface area contributed by atoms with Gasteiger partial charge in [-0.25, -0.2) is 4.98 Å². The van der Waals surface area contributed by atoms with Crippen LogP contribution in [0.4, 0.5) is 5.69 Å². The van der Waals surface area contributed by atoms with Crippen LogP contribution >= 0.6 is 0 Å². The highest BCUT2D eigenvalue weighted by atomic mass is 16.2. The quantitative estimate of drug-likeness (QED) is 0.672. The van der Waals surface area contributed by atoms with Crippen LogP contribution in [0.15, 0.2) is 48.5 Å². The van der Waals surface area contributed by atoms with Gasteiger partial charge in [-0.2, -0.15) is 0 Å². The standard InChI is InChI=1S/C24H26N4O2/c1-2-26-15-18(14-22(26)29)24-25-19-10-4-6-12-21(19)28(24)16-23(30)27-13-7-9-17-8-3-5-11-20(17)27/h3-6,8,10-12,18H,2,7,9,13-16H2,1H3/t18-/m0/s1. The Morgan fingerprint density at radius 2 is 1.93 bits per heavy atom. The number of para-hydroxylation sites is 3. The largest absolute Gasteiger partial charge is 0.342 e. The second-order valence-corrected chi connectivity index (χ2v) is 8.16. The molecular formula is C24H26N4O2. The van der Waals surface area contributed by atoms with Crippen LogP contribution in [0.25, 0.3) is 11.0 Å². The van der Waals surface area contributed by atoms with Gasteiger partial charge in [-0.15, -0.1) is 0 Å². The minimum Gasteiger partial charge on any atom is -0.342 e. The van der Waals surface area contributed by atoms with E-state index in [1.54, 1.807) is 0 Å². The highest BCUT2D eigenvalue weighted by Gasteiger charge is 2.34. The molecule has 1 fully saturated rings. The maximum atomic E-state index is 13.4. The predicted octanol–water partition coefficient (Wildman–Crippen LogP) is 3.35. The molecule has 2 aliphatic heterocycles. The monoisotopic (exact) mass is 402 g/mol. The Hall–Kier alpha value is -3.15. The summed E-state index contributed by atoms with van der Waals surface area (Å²) in [5.41, 5.74) is 4.08. The summed E-state index contributed by atoms with van der Waals surface area (Å²) in [4.78, 5) is 34.4. The molecule has 3 aromatic rings. The lowest BCUT2D eigenvalue weighted by molar-refractivity contribution is -0.127. The maximum Gasteiger partial charge on any atom is 0.246 e. The van der Waals surface area contributed by atoms with Crippen LogP contribution < -0.4 is 4.90 Å². The van der Waals surface area contributed by atoms with E-state index >= 15 is 0 Å². The molecule has 1 atom stereocenters. The van der Waals surface area contributed by atoms with E-state index in [1.165, 1.54) is 5.56 Å². The minimum absolute atomic E-state index is 0.0197. The van der Waals surface area contributed by atoms with Crippen molar-refractivity contribution in [3.05, 3.63) is 59.9 Å². The molecule has 5 rings (SSSR count). The average molecular weight is 402 g/mol. The number of imidazole rings is 1. The van der Waals surface area contributed by atoms with Gasteiger partial charge in [0.2, 0.25) is 11.8 Å². The third-order valence-corrected chi connectivity index (χ3v) is 6.35. The van der Waals surface area contributed by atoms with Gasteiger partial charge in [0, 0.05) is 37.7 Å². The lowest BCUT2D eigenvalue weighted by atomic mass is 10.0. The Morgan fingerprint density at radius 1 is 1.13 bits per heavy atom. The predicted molar refractivity (Wildman–Crippen MR) is 116 cm³/mol. The molecule has 0 radical (unpaired) electrons. The van der Waals surface area contributed by atoms with Gasteiger partial charge >= 0.3 is 0 Å². The number of aryl methyl sites for hydroxylation is 1. The van der Waals surface area contributed by atoms with Crippen LogP contribution in [-0.4, -0.2) is 45.9 Å². The first-order valence-electron chi connectivity index (χ1n) is 10.8. The second-order valence-electron chi connectivity index (χ2n) is 8.16. The lowest BCUT2D eigenvalue weighted by Gasteiger charge is -2.30. The van der Waals surface area contributed by atoms with Gasteiger partial charge in [0.15, 0.2) is 0 Å². The third kappa shape index (κ3) is 3.16. The van der Waals surface area contributed by atoms with Crippen molar-refractivity contribution in [1.82, 2.24) is 14.5 Å². The number of amides is 2. The number of anilines is 1. The summed E-state index contributed by atoms with van der Waals surface area (Å²) in [6, 6.07) is 16.1. The molecule has 2 amide bonds. The van der Waals surface area contributed by atoms with E-state index in [9.17, 15) is 9.59 Å². The molecule has 6 nitrogen and oxygen atoms in total. The zero-order valence-electron chi connectivity index (χ0n) is 17.3. The van der Waals surface area contributed by atoms with Crippen molar-refractivity contribution in [2.75, 3.05) is 24.5 Å². The highest BCUT2D eigenvalue weighted by Crippen LogP contribution is 2.31. The minimum atomic E-state index is 0.0197. The number of rotatable bonds is 4. The molecule has 0 saturated carbocycles. The molecule has 2 aromatic carbocycles. The van der Waals surface area contributed by atoms with Gasteiger partial charge in [0.05, 0.1) is 11.0 Å². The Labute approximate surface area is 176 Å². The number of aromatic nitrogens is 2. The Kier molecular flexibility index (Phi) is 4.77. The van der Waals surface area contributed by atoms with Crippen LogP contribution in [-0.2, 0) is 22.6 Å². The second kappa shape index (κ2) is 7.59. The third-order valence-electron chi connectivity index (χ3n) is 6.35. The molecule has 3 heterocycles. The lowest BCUT2D eigenvalue weighted by Crippen LogP contribution is -2.38. The van der Waals surface area contributed by atoms with Crippen molar-refractivity contribution >= 4 is 28.5 Å². The van der Waals surface area contributed by atoms with Gasteiger partial charge in [-0.3, -0.25) is 9.59 Å². The molecule has 2 aliphatic rings. The van der Waals surface area contributed by atoms with Gasteiger partial charge < -0.3 is 14.4 Å². The van der Waals surface area contributed by atoms with E-state index in [0.29, 0.717) is 19.5 Å². The smallest absolute Gasteiger partial charge is 0.246 e. The zero-order chi connectivity index (χ0) is 20.7. The molecular weight excluding hydrogens is 376 g/mol. The van der Waals surface area contributed by atoms with Gasteiger partial charge in [0.1, 0.15) is 12.4 Å². The summed E-state index contributed by atoms with van der Waals surface area (Å²) in [7, 11) is 0. The number of likely N-dealkylation sites (N-methyl/N-ethyl adjacent to an activating group) is 1. The van der Waals surface area contributed by atoms with Crippen molar-refractivity contribution in [2.45, 2.75) is 38.6 Å². The molecule has 1 saturated heterocycles. The fraction of sp³-hybridized carbons (Fsp3) is 0.375. The van der Waals surface area contributed by atoms with Crippen molar-refractivity contribution in [3.63, 3.8) is 0 Å². The number of carbonyl (C=O) groups excluding carboxylic acids is 2. The fourth-order valence-corrected chi connectivity index (χ4v) is 4.84. The Bertz CT molecular complexity index is 1120. The average Bonchev–Trinajstić information content (AvgIpc) is 3.33. The molecule has 0 spiro atoms. The number of benzene rings is 2. The number of likely N-dealkylation sites (tertiary alicyclic amines) is 1. The zero-order valence-corrected chi connectivity index (χ0v) is 17.3.